The number of aryl methyl sites for hydroxylation is 1. The Hall–Kier alpha value is -1.42. The van der Waals surface area contributed by atoms with E-state index in [1.807, 2.05) is 13.0 Å². The Kier molecular flexibility index (Phi) is 3.43. The summed E-state index contributed by atoms with van der Waals surface area (Å²) in [6, 6.07) is 7.91. The highest BCUT2D eigenvalue weighted by Crippen LogP contribution is 2.18. The average molecular weight is 296 g/mol. The zero-order chi connectivity index (χ0) is 12.4. The maximum absolute atomic E-state index is 12.9. The van der Waals surface area contributed by atoms with E-state index in [-0.39, 0.29) is 11.4 Å². The van der Waals surface area contributed by atoms with Gasteiger partial charge in [-0.05, 0) is 36.2 Å². The van der Waals surface area contributed by atoms with Crippen LogP contribution in [-0.2, 0) is 6.54 Å². The second-order valence-corrected chi connectivity index (χ2v) is 4.76. The Morgan fingerprint density at radius 3 is 2.71 bits per heavy atom. The molecular formula is C13H11BrFNO. The van der Waals surface area contributed by atoms with E-state index in [1.165, 1.54) is 12.1 Å². The highest BCUT2D eigenvalue weighted by atomic mass is 79.9. The molecule has 2 aromatic rings. The summed E-state index contributed by atoms with van der Waals surface area (Å²) in [7, 11) is 0. The standard InChI is InChI=1S/C13H11BrFNO/c1-9-4-5-16(13(17)6-9)8-10-2-3-11(15)7-12(10)14/h2-7H,8H2,1H3. The molecule has 4 heteroatoms. The molecule has 0 aliphatic rings. The van der Waals surface area contributed by atoms with E-state index in [4.69, 9.17) is 0 Å². The number of halogens is 2. The van der Waals surface area contributed by atoms with Crippen LogP contribution in [0.25, 0.3) is 0 Å². The number of hydrogen-bond acceptors (Lipinski definition) is 1. The van der Waals surface area contributed by atoms with Crippen LogP contribution in [0.2, 0.25) is 0 Å². The molecule has 0 bridgehead atoms. The number of rotatable bonds is 2. The van der Waals surface area contributed by atoms with E-state index < -0.39 is 0 Å². The minimum atomic E-state index is -0.295. The van der Waals surface area contributed by atoms with Gasteiger partial charge >= 0.3 is 0 Å². The SMILES string of the molecule is Cc1ccn(Cc2ccc(F)cc2Br)c(=O)c1. The fraction of sp³-hybridized carbons (Fsp3) is 0.154. The first-order valence-electron chi connectivity index (χ1n) is 5.17. The maximum atomic E-state index is 12.9. The lowest BCUT2D eigenvalue weighted by atomic mass is 10.2. The van der Waals surface area contributed by atoms with Gasteiger partial charge in [0.25, 0.3) is 5.56 Å². The lowest BCUT2D eigenvalue weighted by molar-refractivity contribution is 0.624. The molecule has 2 nitrogen and oxygen atoms in total. The van der Waals surface area contributed by atoms with Crippen LogP contribution in [0.3, 0.4) is 0 Å². The Morgan fingerprint density at radius 2 is 2.06 bits per heavy atom. The molecule has 0 spiro atoms. The highest BCUT2D eigenvalue weighted by Gasteiger charge is 2.03. The molecule has 1 aromatic heterocycles. The second kappa shape index (κ2) is 4.84. The van der Waals surface area contributed by atoms with Crippen molar-refractivity contribution in [3.05, 3.63) is 68.3 Å². The minimum absolute atomic E-state index is 0.0544. The molecule has 0 aliphatic heterocycles. The van der Waals surface area contributed by atoms with Gasteiger partial charge < -0.3 is 4.57 Å². The molecule has 17 heavy (non-hydrogen) atoms. The Balaban J connectivity index is 2.35. The lowest BCUT2D eigenvalue weighted by Gasteiger charge is -2.08. The van der Waals surface area contributed by atoms with Gasteiger partial charge in [-0.25, -0.2) is 4.39 Å². The van der Waals surface area contributed by atoms with Crippen LogP contribution in [0, 0.1) is 12.7 Å². The molecule has 1 heterocycles. The van der Waals surface area contributed by atoms with Crippen molar-refractivity contribution in [2.75, 3.05) is 0 Å². The van der Waals surface area contributed by atoms with E-state index in [1.54, 1.807) is 22.9 Å². The first-order valence-corrected chi connectivity index (χ1v) is 5.96. The molecule has 0 aliphatic carbocycles. The van der Waals surface area contributed by atoms with Gasteiger partial charge in [-0.15, -0.1) is 0 Å². The summed E-state index contributed by atoms with van der Waals surface area (Å²) in [5.74, 6) is -0.295. The zero-order valence-corrected chi connectivity index (χ0v) is 10.9. The normalized spacial score (nSPS) is 10.5. The third kappa shape index (κ3) is 2.82. The summed E-state index contributed by atoms with van der Waals surface area (Å²) >= 11 is 3.29. The van der Waals surface area contributed by atoms with Crippen molar-refractivity contribution in [3.8, 4) is 0 Å². The average Bonchev–Trinajstić information content (AvgIpc) is 2.25. The van der Waals surface area contributed by atoms with Gasteiger partial charge in [0, 0.05) is 16.7 Å². The molecule has 0 unspecified atom stereocenters. The molecule has 0 N–H and O–H groups in total. The molecule has 0 amide bonds. The maximum Gasteiger partial charge on any atom is 0.251 e. The molecule has 0 saturated heterocycles. The molecule has 2 rings (SSSR count). The van der Waals surface area contributed by atoms with Crippen LogP contribution < -0.4 is 5.56 Å². The fourth-order valence-corrected chi connectivity index (χ4v) is 2.05. The van der Waals surface area contributed by atoms with E-state index in [2.05, 4.69) is 15.9 Å². The van der Waals surface area contributed by atoms with Crippen molar-refractivity contribution in [1.29, 1.82) is 0 Å². The van der Waals surface area contributed by atoms with Gasteiger partial charge in [-0.3, -0.25) is 4.79 Å². The van der Waals surface area contributed by atoms with E-state index in [0.29, 0.717) is 11.0 Å². The van der Waals surface area contributed by atoms with Crippen LogP contribution in [0.1, 0.15) is 11.1 Å². The van der Waals surface area contributed by atoms with E-state index in [0.717, 1.165) is 11.1 Å². The molecule has 0 atom stereocenters. The summed E-state index contributed by atoms with van der Waals surface area (Å²) in [6.07, 6.45) is 1.74. The van der Waals surface area contributed by atoms with Gasteiger partial charge in [0.1, 0.15) is 5.82 Å². The van der Waals surface area contributed by atoms with Gasteiger partial charge in [-0.1, -0.05) is 22.0 Å². The molecular weight excluding hydrogens is 285 g/mol. The number of hydrogen-bond donors (Lipinski definition) is 0. The minimum Gasteiger partial charge on any atom is -0.311 e. The molecule has 88 valence electrons. The van der Waals surface area contributed by atoms with Gasteiger partial charge in [0.2, 0.25) is 0 Å². The lowest BCUT2D eigenvalue weighted by Crippen LogP contribution is -2.19. The molecule has 0 saturated carbocycles. The Labute approximate surface area is 107 Å². The largest absolute Gasteiger partial charge is 0.311 e. The third-order valence-corrected chi connectivity index (χ3v) is 3.25. The van der Waals surface area contributed by atoms with Crippen LogP contribution in [-0.4, -0.2) is 4.57 Å². The monoisotopic (exact) mass is 295 g/mol. The summed E-state index contributed by atoms with van der Waals surface area (Å²) in [4.78, 5) is 11.7. The van der Waals surface area contributed by atoms with Crippen LogP contribution >= 0.6 is 15.9 Å². The Bertz CT molecular complexity index is 607. The summed E-state index contributed by atoms with van der Waals surface area (Å²) in [5.41, 5.74) is 1.75. The van der Waals surface area contributed by atoms with Crippen LogP contribution in [0.5, 0.6) is 0 Å². The number of benzene rings is 1. The van der Waals surface area contributed by atoms with Gasteiger partial charge in [0.15, 0.2) is 0 Å². The van der Waals surface area contributed by atoms with Crippen molar-refractivity contribution >= 4 is 15.9 Å². The number of nitrogens with zero attached hydrogens (tertiary/aromatic N) is 1. The van der Waals surface area contributed by atoms with Crippen molar-refractivity contribution in [2.24, 2.45) is 0 Å². The summed E-state index contributed by atoms with van der Waals surface area (Å²) in [5, 5.41) is 0. The van der Waals surface area contributed by atoms with Crippen molar-refractivity contribution < 1.29 is 4.39 Å². The van der Waals surface area contributed by atoms with E-state index >= 15 is 0 Å². The molecule has 0 fully saturated rings. The van der Waals surface area contributed by atoms with Crippen LogP contribution in [0.4, 0.5) is 4.39 Å². The van der Waals surface area contributed by atoms with E-state index in [9.17, 15) is 9.18 Å². The zero-order valence-electron chi connectivity index (χ0n) is 9.28. The highest BCUT2D eigenvalue weighted by molar-refractivity contribution is 9.10. The Morgan fingerprint density at radius 1 is 1.29 bits per heavy atom. The second-order valence-electron chi connectivity index (χ2n) is 3.91. The van der Waals surface area contributed by atoms with Gasteiger partial charge in [-0.2, -0.15) is 0 Å². The molecule has 0 radical (unpaired) electrons. The third-order valence-electron chi connectivity index (χ3n) is 2.51. The topological polar surface area (TPSA) is 22.0 Å². The smallest absolute Gasteiger partial charge is 0.251 e. The predicted molar refractivity (Wildman–Crippen MR) is 68.6 cm³/mol. The van der Waals surface area contributed by atoms with Crippen molar-refractivity contribution in [1.82, 2.24) is 4.57 Å². The first kappa shape index (κ1) is 12.0. The van der Waals surface area contributed by atoms with Crippen molar-refractivity contribution in [2.45, 2.75) is 13.5 Å². The van der Waals surface area contributed by atoms with Gasteiger partial charge in [0.05, 0.1) is 6.54 Å². The van der Waals surface area contributed by atoms with Crippen molar-refractivity contribution in [3.63, 3.8) is 0 Å². The quantitative estimate of drug-likeness (QED) is 0.834. The number of aromatic nitrogens is 1. The fourth-order valence-electron chi connectivity index (χ4n) is 1.57. The first-order chi connectivity index (χ1) is 8.06. The number of pyridine rings is 1. The summed E-state index contributed by atoms with van der Waals surface area (Å²) in [6.45, 7) is 2.31. The molecule has 1 aromatic carbocycles. The van der Waals surface area contributed by atoms with Crippen LogP contribution in [0.15, 0.2) is 45.8 Å². The summed E-state index contributed by atoms with van der Waals surface area (Å²) < 4.78 is 15.2. The predicted octanol–water partition coefficient (Wildman–Crippen LogP) is 3.11.